The number of halogens is 1. The number of carbonyl (C=O) groups excluding carboxylic acids is 2. The highest BCUT2D eigenvalue weighted by Gasteiger charge is 2.50. The standard InChI is InChI=1S/C8H9FO7S4/c1-14-6(10)4-5(7(11)15-2)19-8(17-3,18-4)16-20(9,12)13/h1-3H3. The van der Waals surface area contributed by atoms with E-state index >= 15 is 0 Å². The molecule has 20 heavy (non-hydrogen) atoms. The van der Waals surface area contributed by atoms with Crippen molar-refractivity contribution in [3.8, 4) is 0 Å². The monoisotopic (exact) mass is 364 g/mol. The van der Waals surface area contributed by atoms with Crippen molar-refractivity contribution < 1.29 is 35.5 Å². The number of esters is 2. The number of ether oxygens (including phenoxy) is 2. The van der Waals surface area contributed by atoms with E-state index in [1.54, 1.807) is 0 Å². The molecule has 12 heteroatoms. The molecule has 0 bridgehead atoms. The highest BCUT2D eigenvalue weighted by atomic mass is 32.3. The molecule has 1 heterocycles. The Bertz CT molecular complexity index is 527. The van der Waals surface area contributed by atoms with E-state index in [0.717, 1.165) is 26.0 Å². The fraction of sp³-hybridized carbons (Fsp3) is 0.500. The first-order chi connectivity index (χ1) is 9.18. The summed E-state index contributed by atoms with van der Waals surface area (Å²) in [6.07, 6.45) is 1.43. The lowest BCUT2D eigenvalue weighted by molar-refractivity contribution is -0.138. The highest BCUT2D eigenvalue weighted by molar-refractivity contribution is 8.38. The maximum Gasteiger partial charge on any atom is 0.440 e. The van der Waals surface area contributed by atoms with E-state index in [1.165, 1.54) is 6.26 Å². The summed E-state index contributed by atoms with van der Waals surface area (Å²) in [6.45, 7) is 0. The van der Waals surface area contributed by atoms with Gasteiger partial charge in [0.1, 0.15) is 9.81 Å². The predicted molar refractivity (Wildman–Crippen MR) is 73.6 cm³/mol. The summed E-state index contributed by atoms with van der Waals surface area (Å²) in [5, 5.41) is 0. The molecule has 0 aromatic carbocycles. The van der Waals surface area contributed by atoms with E-state index in [4.69, 9.17) is 0 Å². The van der Waals surface area contributed by atoms with Crippen LogP contribution in [0.5, 0.6) is 0 Å². The van der Waals surface area contributed by atoms with Gasteiger partial charge in [0, 0.05) is 0 Å². The molecule has 0 unspecified atom stereocenters. The lowest BCUT2D eigenvalue weighted by Gasteiger charge is -2.22. The molecule has 0 N–H and O–H groups in total. The normalized spacial score (nSPS) is 18.0. The molecule has 0 aliphatic carbocycles. The number of hydrogen-bond donors (Lipinski definition) is 0. The molecule has 7 nitrogen and oxygen atoms in total. The Kier molecular flexibility index (Phi) is 5.78. The molecule has 0 saturated heterocycles. The second-order valence-electron chi connectivity index (χ2n) is 3.03. The third-order valence-corrected chi connectivity index (χ3v) is 7.15. The lowest BCUT2D eigenvalue weighted by atomic mass is 10.5. The molecule has 1 rings (SSSR count). The van der Waals surface area contributed by atoms with E-state index in [1.807, 2.05) is 0 Å². The summed E-state index contributed by atoms with van der Waals surface area (Å²) in [7, 11) is -3.11. The van der Waals surface area contributed by atoms with Crippen LogP contribution in [0.15, 0.2) is 9.81 Å². The summed E-state index contributed by atoms with van der Waals surface area (Å²) in [6, 6.07) is 0. The Hall–Kier alpha value is -0.430. The summed E-state index contributed by atoms with van der Waals surface area (Å²) in [4.78, 5) is 22.8. The van der Waals surface area contributed by atoms with Crippen molar-refractivity contribution in [3.63, 3.8) is 0 Å². The van der Waals surface area contributed by atoms with Crippen molar-refractivity contribution in [1.82, 2.24) is 0 Å². The number of methoxy groups -OCH3 is 2. The van der Waals surface area contributed by atoms with Gasteiger partial charge < -0.3 is 9.47 Å². The second kappa shape index (κ2) is 6.56. The number of hydrogen-bond acceptors (Lipinski definition) is 10. The predicted octanol–water partition coefficient (Wildman–Crippen LogP) is 1.23. The van der Waals surface area contributed by atoms with E-state index in [-0.39, 0.29) is 9.81 Å². The first kappa shape index (κ1) is 17.6. The molecule has 1 aliphatic rings. The smallest absolute Gasteiger partial charge is 0.440 e. The van der Waals surface area contributed by atoms with Gasteiger partial charge in [-0.1, -0.05) is 27.4 Å². The van der Waals surface area contributed by atoms with E-state index < -0.39 is 26.0 Å². The maximum absolute atomic E-state index is 12.8. The SMILES string of the molecule is COC(=O)C1=C(C(=O)OC)SC(OS(=O)(=O)F)(SC)S1. The minimum atomic E-state index is -5.28. The third-order valence-electron chi connectivity index (χ3n) is 1.85. The summed E-state index contributed by atoms with van der Waals surface area (Å²) < 4.78 is 45.6. The van der Waals surface area contributed by atoms with Crippen LogP contribution in [0.3, 0.4) is 0 Å². The fourth-order valence-corrected chi connectivity index (χ4v) is 5.88. The van der Waals surface area contributed by atoms with Crippen LogP contribution in [0.25, 0.3) is 0 Å². The van der Waals surface area contributed by atoms with Crippen molar-refractivity contribution in [1.29, 1.82) is 0 Å². The molecule has 0 aromatic rings. The second-order valence-corrected chi connectivity index (χ2v) is 8.11. The van der Waals surface area contributed by atoms with Crippen LogP contribution in [0.2, 0.25) is 0 Å². The van der Waals surface area contributed by atoms with Crippen LogP contribution >= 0.6 is 35.3 Å². The molecule has 0 spiro atoms. The average molecular weight is 364 g/mol. The summed E-state index contributed by atoms with van der Waals surface area (Å²) in [5.41, 5.74) is 0. The van der Waals surface area contributed by atoms with Crippen molar-refractivity contribution in [2.45, 2.75) is 3.60 Å². The Morgan fingerprint density at radius 2 is 1.55 bits per heavy atom. The minimum absolute atomic E-state index is 0.206. The molecule has 0 aromatic heterocycles. The topological polar surface area (TPSA) is 96.0 Å². The van der Waals surface area contributed by atoms with Gasteiger partial charge in [0.05, 0.1) is 14.2 Å². The summed E-state index contributed by atoms with van der Waals surface area (Å²) >= 11 is 1.91. The van der Waals surface area contributed by atoms with Crippen LogP contribution < -0.4 is 0 Å². The number of rotatable bonds is 5. The Morgan fingerprint density at radius 1 is 1.15 bits per heavy atom. The number of thioether (sulfide) groups is 3. The van der Waals surface area contributed by atoms with Crippen molar-refractivity contribution in [3.05, 3.63) is 9.81 Å². The van der Waals surface area contributed by atoms with Crippen molar-refractivity contribution in [2.24, 2.45) is 0 Å². The minimum Gasteiger partial charge on any atom is -0.465 e. The summed E-state index contributed by atoms with van der Waals surface area (Å²) in [5.74, 6) is -1.75. The third kappa shape index (κ3) is 4.04. The molecule has 0 saturated carbocycles. The zero-order valence-corrected chi connectivity index (χ0v) is 13.6. The molecular formula is C8H9FO7S4. The zero-order valence-electron chi connectivity index (χ0n) is 10.4. The number of carbonyl (C=O) groups is 2. The van der Waals surface area contributed by atoms with Gasteiger partial charge in [0.25, 0.3) is 0 Å². The molecule has 0 fully saturated rings. The Balaban J connectivity index is 3.18. The Labute approximate surface area is 127 Å². The molecule has 0 atom stereocenters. The maximum atomic E-state index is 12.8. The first-order valence-electron chi connectivity index (χ1n) is 4.67. The molecule has 0 radical (unpaired) electrons. The zero-order chi connectivity index (χ0) is 15.6. The molecular weight excluding hydrogens is 355 g/mol. The van der Waals surface area contributed by atoms with Gasteiger partial charge in [-0.15, -0.1) is 11.8 Å². The van der Waals surface area contributed by atoms with Crippen LogP contribution in [-0.2, 0) is 33.7 Å². The largest absolute Gasteiger partial charge is 0.465 e. The lowest BCUT2D eigenvalue weighted by Crippen LogP contribution is -2.20. The van der Waals surface area contributed by atoms with Gasteiger partial charge in [0.2, 0.25) is 3.60 Å². The first-order valence-corrected chi connectivity index (χ1v) is 8.84. The van der Waals surface area contributed by atoms with Crippen molar-refractivity contribution >= 4 is 57.7 Å². The van der Waals surface area contributed by atoms with Crippen molar-refractivity contribution in [2.75, 3.05) is 20.5 Å². The van der Waals surface area contributed by atoms with Crippen LogP contribution in [0.4, 0.5) is 3.89 Å². The fourth-order valence-electron chi connectivity index (χ4n) is 1.09. The van der Waals surface area contributed by atoms with Gasteiger partial charge >= 0.3 is 22.4 Å². The van der Waals surface area contributed by atoms with Gasteiger partial charge in [-0.2, -0.15) is 8.42 Å². The van der Waals surface area contributed by atoms with Crippen LogP contribution in [0.1, 0.15) is 0 Å². The van der Waals surface area contributed by atoms with Gasteiger partial charge in [-0.25, -0.2) is 13.8 Å². The van der Waals surface area contributed by atoms with Gasteiger partial charge in [-0.3, -0.25) is 0 Å². The average Bonchev–Trinajstić information content (AvgIpc) is 2.75. The van der Waals surface area contributed by atoms with Crippen LogP contribution in [0, 0.1) is 0 Å². The Morgan fingerprint density at radius 3 is 1.80 bits per heavy atom. The molecule has 0 amide bonds. The van der Waals surface area contributed by atoms with E-state index in [0.29, 0.717) is 23.5 Å². The van der Waals surface area contributed by atoms with E-state index in [9.17, 15) is 21.9 Å². The molecule has 114 valence electrons. The molecule has 1 aliphatic heterocycles. The highest BCUT2D eigenvalue weighted by Crippen LogP contribution is 2.61. The van der Waals surface area contributed by atoms with Gasteiger partial charge in [0.15, 0.2) is 0 Å². The van der Waals surface area contributed by atoms with Crippen LogP contribution in [-0.4, -0.2) is 44.4 Å². The van der Waals surface area contributed by atoms with E-state index in [2.05, 4.69) is 13.7 Å². The quantitative estimate of drug-likeness (QED) is 0.402. The van der Waals surface area contributed by atoms with Gasteiger partial charge in [-0.05, 0) is 6.26 Å².